The van der Waals surface area contributed by atoms with E-state index in [-0.39, 0.29) is 0 Å². The normalized spacial score (nSPS) is 10.3. The molecule has 0 radical (unpaired) electrons. The molecule has 0 saturated heterocycles. The molecule has 0 aliphatic rings. The predicted molar refractivity (Wildman–Crippen MR) is 87.4 cm³/mol. The van der Waals surface area contributed by atoms with Gasteiger partial charge in [0.05, 0.1) is 17.8 Å². The number of nitrogens with zero attached hydrogens (tertiary/aromatic N) is 2. The molecule has 106 valence electrons. The minimum atomic E-state index is 0.603. The lowest BCUT2D eigenvalue weighted by atomic mass is 10.1. The van der Waals surface area contributed by atoms with Crippen molar-refractivity contribution in [3.8, 4) is 0 Å². The van der Waals surface area contributed by atoms with Crippen LogP contribution in [0, 0.1) is 13.8 Å². The van der Waals surface area contributed by atoms with Gasteiger partial charge in [0.25, 0.3) is 0 Å². The van der Waals surface area contributed by atoms with Crippen LogP contribution in [0.25, 0.3) is 0 Å². The number of nitrogens with one attached hydrogen (secondary N) is 2. The number of aromatic nitrogens is 2. The Kier molecular flexibility index (Phi) is 4.98. The van der Waals surface area contributed by atoms with Crippen LogP contribution in [0.5, 0.6) is 0 Å². The van der Waals surface area contributed by atoms with Crippen molar-refractivity contribution in [3.63, 3.8) is 0 Å². The van der Waals surface area contributed by atoms with Gasteiger partial charge in [-0.1, -0.05) is 17.7 Å². The molecule has 0 fully saturated rings. The third-order valence-corrected chi connectivity index (χ3v) is 3.43. The van der Waals surface area contributed by atoms with Crippen LogP contribution in [0.2, 0.25) is 5.02 Å². The molecule has 1 heterocycles. The van der Waals surface area contributed by atoms with Crippen LogP contribution < -0.4 is 10.6 Å². The smallest absolute Gasteiger partial charge is 0.170 e. The monoisotopic (exact) mass is 308 g/mol. The van der Waals surface area contributed by atoms with E-state index in [0.717, 1.165) is 5.69 Å². The van der Waals surface area contributed by atoms with Gasteiger partial charge in [0.1, 0.15) is 0 Å². The summed E-state index contributed by atoms with van der Waals surface area (Å²) in [6.45, 7) is 5.57. The Bertz CT molecular complexity index is 609. The second kappa shape index (κ2) is 6.72. The van der Waals surface area contributed by atoms with E-state index in [0.29, 0.717) is 23.2 Å². The van der Waals surface area contributed by atoms with Gasteiger partial charge >= 0.3 is 0 Å². The fourth-order valence-corrected chi connectivity index (χ4v) is 2.12. The molecule has 2 rings (SSSR count). The van der Waals surface area contributed by atoms with E-state index >= 15 is 0 Å². The first-order valence-corrected chi connectivity index (χ1v) is 7.13. The van der Waals surface area contributed by atoms with Crippen molar-refractivity contribution in [1.29, 1.82) is 0 Å². The minimum absolute atomic E-state index is 0.603. The summed E-state index contributed by atoms with van der Waals surface area (Å²) >= 11 is 11.0. The van der Waals surface area contributed by atoms with Gasteiger partial charge in [-0.15, -0.1) is 0 Å². The highest BCUT2D eigenvalue weighted by Crippen LogP contribution is 2.13. The van der Waals surface area contributed by atoms with E-state index < -0.39 is 0 Å². The third-order valence-electron chi connectivity index (χ3n) is 2.99. The van der Waals surface area contributed by atoms with Crippen LogP contribution in [0.4, 0.5) is 5.69 Å². The van der Waals surface area contributed by atoms with Gasteiger partial charge in [-0.2, -0.15) is 5.10 Å². The van der Waals surface area contributed by atoms with E-state index in [1.54, 1.807) is 17.1 Å². The van der Waals surface area contributed by atoms with Gasteiger partial charge in [-0.05, 0) is 49.3 Å². The number of hydrogen-bond donors (Lipinski definition) is 2. The van der Waals surface area contributed by atoms with Crippen molar-refractivity contribution in [3.05, 3.63) is 46.7 Å². The molecular formula is C14H17ClN4S. The standard InChI is InChI=1S/C14H17ClN4S/c1-10-3-4-13(7-11(10)2)18-14(20)16-5-6-19-9-12(15)8-17-19/h3-4,7-9H,5-6H2,1-2H3,(H2,16,18,20). The van der Waals surface area contributed by atoms with Gasteiger partial charge < -0.3 is 10.6 Å². The molecule has 0 unspecified atom stereocenters. The van der Waals surface area contributed by atoms with Crippen LogP contribution in [0.1, 0.15) is 11.1 Å². The van der Waals surface area contributed by atoms with E-state index in [2.05, 4.69) is 41.7 Å². The van der Waals surface area contributed by atoms with E-state index in [9.17, 15) is 0 Å². The lowest BCUT2D eigenvalue weighted by molar-refractivity contribution is 0.604. The first-order chi connectivity index (χ1) is 9.54. The molecule has 0 aliphatic heterocycles. The fourth-order valence-electron chi connectivity index (χ4n) is 1.74. The Balaban J connectivity index is 1.79. The maximum atomic E-state index is 5.79. The van der Waals surface area contributed by atoms with Crippen LogP contribution in [-0.2, 0) is 6.54 Å². The highest BCUT2D eigenvalue weighted by atomic mass is 35.5. The summed E-state index contributed by atoms with van der Waals surface area (Å²) in [4.78, 5) is 0. The van der Waals surface area contributed by atoms with Crippen molar-refractivity contribution >= 4 is 34.6 Å². The lowest BCUT2D eigenvalue weighted by Gasteiger charge is -2.11. The predicted octanol–water partition coefficient (Wildman–Crippen LogP) is 3.14. The second-order valence-electron chi connectivity index (χ2n) is 4.60. The number of halogens is 1. The molecule has 0 spiro atoms. The maximum absolute atomic E-state index is 5.79. The summed E-state index contributed by atoms with van der Waals surface area (Å²) in [6.07, 6.45) is 3.40. The number of hydrogen-bond acceptors (Lipinski definition) is 2. The van der Waals surface area contributed by atoms with Crippen molar-refractivity contribution in [2.75, 3.05) is 11.9 Å². The number of rotatable bonds is 4. The molecule has 4 nitrogen and oxygen atoms in total. The molecular weight excluding hydrogens is 292 g/mol. The zero-order valence-electron chi connectivity index (χ0n) is 11.5. The highest BCUT2D eigenvalue weighted by Gasteiger charge is 2.00. The average Bonchev–Trinajstić information content (AvgIpc) is 2.80. The molecule has 0 bridgehead atoms. The summed E-state index contributed by atoms with van der Waals surface area (Å²) in [5.41, 5.74) is 3.50. The number of thiocarbonyl (C=S) groups is 1. The Labute approximate surface area is 129 Å². The van der Waals surface area contributed by atoms with Crippen LogP contribution in [-0.4, -0.2) is 21.4 Å². The molecule has 1 aromatic heterocycles. The van der Waals surface area contributed by atoms with Crippen molar-refractivity contribution < 1.29 is 0 Å². The summed E-state index contributed by atoms with van der Waals surface area (Å²) in [5.74, 6) is 0. The Hall–Kier alpha value is -1.59. The zero-order chi connectivity index (χ0) is 14.5. The Morgan fingerprint density at radius 2 is 2.15 bits per heavy atom. The quantitative estimate of drug-likeness (QED) is 0.852. The summed E-state index contributed by atoms with van der Waals surface area (Å²) in [7, 11) is 0. The van der Waals surface area contributed by atoms with E-state index in [4.69, 9.17) is 23.8 Å². The maximum Gasteiger partial charge on any atom is 0.170 e. The van der Waals surface area contributed by atoms with Crippen LogP contribution in [0.15, 0.2) is 30.6 Å². The molecule has 1 aromatic carbocycles. The Morgan fingerprint density at radius 1 is 1.35 bits per heavy atom. The molecule has 20 heavy (non-hydrogen) atoms. The number of benzene rings is 1. The molecule has 0 saturated carbocycles. The summed E-state index contributed by atoms with van der Waals surface area (Å²) < 4.78 is 1.77. The topological polar surface area (TPSA) is 41.9 Å². The molecule has 6 heteroatoms. The molecule has 0 atom stereocenters. The zero-order valence-corrected chi connectivity index (χ0v) is 13.1. The first-order valence-electron chi connectivity index (χ1n) is 6.34. The molecule has 2 N–H and O–H groups in total. The summed E-state index contributed by atoms with van der Waals surface area (Å²) in [6, 6.07) is 6.17. The average molecular weight is 309 g/mol. The number of anilines is 1. The van der Waals surface area contributed by atoms with E-state index in [1.807, 2.05) is 6.07 Å². The molecule has 2 aromatic rings. The largest absolute Gasteiger partial charge is 0.361 e. The van der Waals surface area contributed by atoms with Crippen molar-refractivity contribution in [2.45, 2.75) is 20.4 Å². The van der Waals surface area contributed by atoms with Crippen molar-refractivity contribution in [1.82, 2.24) is 15.1 Å². The van der Waals surface area contributed by atoms with E-state index in [1.165, 1.54) is 11.1 Å². The third kappa shape index (κ3) is 4.21. The Morgan fingerprint density at radius 3 is 2.80 bits per heavy atom. The lowest BCUT2D eigenvalue weighted by Crippen LogP contribution is -2.31. The van der Waals surface area contributed by atoms with Gasteiger partial charge in [0.2, 0.25) is 0 Å². The summed E-state index contributed by atoms with van der Waals surface area (Å²) in [5, 5.41) is 11.6. The van der Waals surface area contributed by atoms with Crippen LogP contribution >= 0.6 is 23.8 Å². The molecule has 0 amide bonds. The highest BCUT2D eigenvalue weighted by molar-refractivity contribution is 7.80. The van der Waals surface area contributed by atoms with Gasteiger partial charge in [0, 0.05) is 18.4 Å². The van der Waals surface area contributed by atoms with Gasteiger partial charge in [-0.3, -0.25) is 4.68 Å². The first kappa shape index (κ1) is 14.8. The SMILES string of the molecule is Cc1ccc(NC(=S)NCCn2cc(Cl)cn2)cc1C. The fraction of sp³-hybridized carbons (Fsp3) is 0.286. The van der Waals surface area contributed by atoms with Gasteiger partial charge in [-0.25, -0.2) is 0 Å². The molecule has 0 aliphatic carbocycles. The minimum Gasteiger partial charge on any atom is -0.361 e. The second-order valence-corrected chi connectivity index (χ2v) is 5.45. The number of aryl methyl sites for hydroxylation is 2. The van der Waals surface area contributed by atoms with Gasteiger partial charge in [0.15, 0.2) is 5.11 Å². The van der Waals surface area contributed by atoms with Crippen LogP contribution in [0.3, 0.4) is 0 Å². The van der Waals surface area contributed by atoms with Crippen molar-refractivity contribution in [2.24, 2.45) is 0 Å².